The van der Waals surface area contributed by atoms with Crippen LogP contribution in [0.25, 0.3) is 0 Å². The summed E-state index contributed by atoms with van der Waals surface area (Å²) in [5.74, 6) is 2.36. The van der Waals surface area contributed by atoms with Crippen LogP contribution in [0.15, 0.2) is 6.07 Å². The lowest BCUT2D eigenvalue weighted by molar-refractivity contribution is 0.305. The number of rotatable bonds is 8. The molecule has 0 spiro atoms. The molecule has 0 unspecified atom stereocenters. The first-order chi connectivity index (χ1) is 8.78. The smallest absolute Gasteiger partial charge is 0.226 e. The summed E-state index contributed by atoms with van der Waals surface area (Å²) in [6.07, 6.45) is 6.38. The largest absolute Gasteiger partial charge is 0.478 e. The number of nitrogens with one attached hydrogen (secondary N) is 1. The average Bonchev–Trinajstić information content (AvgIpc) is 3.15. The SMILES string of the molecule is CCCOc1cc(C)nc(NCCCC2CC2)n1. The Morgan fingerprint density at radius 1 is 1.39 bits per heavy atom. The quantitative estimate of drug-likeness (QED) is 0.719. The van der Waals surface area contributed by atoms with Crippen LogP contribution in [0.2, 0.25) is 0 Å². The zero-order valence-electron chi connectivity index (χ0n) is 11.4. The van der Waals surface area contributed by atoms with Crippen LogP contribution in [0.3, 0.4) is 0 Å². The molecule has 1 fully saturated rings. The maximum atomic E-state index is 5.54. The lowest BCUT2D eigenvalue weighted by Crippen LogP contribution is -2.08. The Morgan fingerprint density at radius 3 is 2.94 bits per heavy atom. The Kier molecular flexibility index (Phi) is 4.79. The molecule has 1 aliphatic rings. The predicted molar refractivity (Wildman–Crippen MR) is 73.0 cm³/mol. The van der Waals surface area contributed by atoms with E-state index < -0.39 is 0 Å². The second kappa shape index (κ2) is 6.57. The van der Waals surface area contributed by atoms with Gasteiger partial charge in [0.25, 0.3) is 0 Å². The maximum absolute atomic E-state index is 5.54. The van der Waals surface area contributed by atoms with Crippen molar-refractivity contribution in [2.24, 2.45) is 5.92 Å². The van der Waals surface area contributed by atoms with Crippen LogP contribution in [-0.2, 0) is 0 Å². The highest BCUT2D eigenvalue weighted by Gasteiger charge is 2.19. The van der Waals surface area contributed by atoms with Gasteiger partial charge >= 0.3 is 0 Å². The van der Waals surface area contributed by atoms with E-state index >= 15 is 0 Å². The molecular formula is C14H23N3O. The topological polar surface area (TPSA) is 47.0 Å². The van der Waals surface area contributed by atoms with Gasteiger partial charge < -0.3 is 10.1 Å². The summed E-state index contributed by atoms with van der Waals surface area (Å²) < 4.78 is 5.54. The Balaban J connectivity index is 1.79. The van der Waals surface area contributed by atoms with E-state index in [1.165, 1.54) is 25.7 Å². The van der Waals surface area contributed by atoms with Gasteiger partial charge in [-0.2, -0.15) is 4.98 Å². The minimum absolute atomic E-state index is 0.675. The van der Waals surface area contributed by atoms with Gasteiger partial charge in [0.1, 0.15) is 0 Å². The number of nitrogens with zero attached hydrogens (tertiary/aromatic N) is 2. The summed E-state index contributed by atoms with van der Waals surface area (Å²) in [5, 5.41) is 3.28. The van der Waals surface area contributed by atoms with Gasteiger partial charge in [0.15, 0.2) is 0 Å². The van der Waals surface area contributed by atoms with Crippen LogP contribution in [0, 0.1) is 12.8 Å². The molecule has 4 heteroatoms. The number of hydrogen-bond donors (Lipinski definition) is 1. The molecule has 0 amide bonds. The molecule has 1 N–H and O–H groups in total. The van der Waals surface area contributed by atoms with Gasteiger partial charge in [-0.05, 0) is 32.1 Å². The van der Waals surface area contributed by atoms with E-state index in [4.69, 9.17) is 4.74 Å². The van der Waals surface area contributed by atoms with E-state index in [2.05, 4.69) is 22.2 Å². The van der Waals surface area contributed by atoms with Crippen molar-refractivity contribution in [3.8, 4) is 5.88 Å². The molecule has 0 aliphatic heterocycles. The summed E-state index contributed by atoms with van der Waals surface area (Å²) in [4.78, 5) is 8.73. The Labute approximate surface area is 109 Å². The Morgan fingerprint density at radius 2 is 2.22 bits per heavy atom. The molecule has 4 nitrogen and oxygen atoms in total. The predicted octanol–water partition coefficient (Wildman–Crippen LogP) is 3.18. The number of aromatic nitrogens is 2. The Bertz CT molecular complexity index is 377. The fourth-order valence-electron chi connectivity index (χ4n) is 1.90. The first-order valence-electron chi connectivity index (χ1n) is 7.00. The summed E-state index contributed by atoms with van der Waals surface area (Å²) in [6.45, 7) is 5.71. The summed E-state index contributed by atoms with van der Waals surface area (Å²) in [6, 6.07) is 1.88. The van der Waals surface area contributed by atoms with Crippen molar-refractivity contribution in [3.63, 3.8) is 0 Å². The molecule has 100 valence electrons. The molecule has 0 radical (unpaired) electrons. The van der Waals surface area contributed by atoms with Gasteiger partial charge in [-0.3, -0.25) is 0 Å². The van der Waals surface area contributed by atoms with E-state index in [9.17, 15) is 0 Å². The molecule has 2 rings (SSSR count). The van der Waals surface area contributed by atoms with Crippen molar-refractivity contribution in [1.82, 2.24) is 9.97 Å². The van der Waals surface area contributed by atoms with Crippen LogP contribution < -0.4 is 10.1 Å². The normalized spacial score (nSPS) is 14.6. The third kappa shape index (κ3) is 4.51. The first-order valence-corrected chi connectivity index (χ1v) is 7.00. The van der Waals surface area contributed by atoms with Gasteiger partial charge in [0, 0.05) is 18.3 Å². The van der Waals surface area contributed by atoms with Crippen LogP contribution in [0.1, 0.15) is 44.7 Å². The standard InChI is InChI=1S/C14H23N3O/c1-3-9-18-13-10-11(2)16-14(17-13)15-8-4-5-12-6-7-12/h10,12H,3-9H2,1-2H3,(H,15,16,17). The van der Waals surface area contributed by atoms with Crippen molar-refractivity contribution >= 4 is 5.95 Å². The number of ether oxygens (including phenoxy) is 1. The third-order valence-corrected chi connectivity index (χ3v) is 3.05. The van der Waals surface area contributed by atoms with Crippen LogP contribution in [0.5, 0.6) is 5.88 Å². The first kappa shape index (κ1) is 13.1. The molecule has 1 aromatic heterocycles. The van der Waals surface area contributed by atoms with Crippen molar-refractivity contribution in [2.75, 3.05) is 18.5 Å². The molecule has 1 heterocycles. The number of aryl methyl sites for hydroxylation is 1. The van der Waals surface area contributed by atoms with Crippen molar-refractivity contribution in [1.29, 1.82) is 0 Å². The summed E-state index contributed by atoms with van der Waals surface area (Å²) >= 11 is 0. The van der Waals surface area contributed by atoms with E-state index in [1.807, 2.05) is 13.0 Å². The van der Waals surface area contributed by atoms with Crippen molar-refractivity contribution in [3.05, 3.63) is 11.8 Å². The molecule has 1 aromatic rings. The lowest BCUT2D eigenvalue weighted by atomic mass is 10.2. The van der Waals surface area contributed by atoms with Crippen molar-refractivity contribution in [2.45, 2.75) is 46.0 Å². The Hall–Kier alpha value is -1.32. The van der Waals surface area contributed by atoms with Gasteiger partial charge in [-0.15, -0.1) is 0 Å². The second-order valence-electron chi connectivity index (χ2n) is 5.03. The average molecular weight is 249 g/mol. The van der Waals surface area contributed by atoms with E-state index in [-0.39, 0.29) is 0 Å². The summed E-state index contributed by atoms with van der Waals surface area (Å²) in [7, 11) is 0. The number of hydrogen-bond acceptors (Lipinski definition) is 4. The van der Waals surface area contributed by atoms with Crippen LogP contribution >= 0.6 is 0 Å². The van der Waals surface area contributed by atoms with Crippen LogP contribution in [-0.4, -0.2) is 23.1 Å². The fourth-order valence-corrected chi connectivity index (χ4v) is 1.90. The zero-order chi connectivity index (χ0) is 12.8. The minimum Gasteiger partial charge on any atom is -0.478 e. The van der Waals surface area contributed by atoms with Crippen LogP contribution in [0.4, 0.5) is 5.95 Å². The monoisotopic (exact) mass is 249 g/mol. The highest BCUT2D eigenvalue weighted by Crippen LogP contribution is 2.33. The molecule has 0 atom stereocenters. The molecule has 1 saturated carbocycles. The highest BCUT2D eigenvalue weighted by atomic mass is 16.5. The fraction of sp³-hybridized carbons (Fsp3) is 0.714. The lowest BCUT2D eigenvalue weighted by Gasteiger charge is -2.08. The molecule has 18 heavy (non-hydrogen) atoms. The van der Waals surface area contributed by atoms with Gasteiger partial charge in [0.05, 0.1) is 6.61 Å². The van der Waals surface area contributed by atoms with E-state index in [0.717, 1.165) is 24.6 Å². The van der Waals surface area contributed by atoms with Gasteiger partial charge in [-0.1, -0.05) is 19.8 Å². The minimum atomic E-state index is 0.675. The summed E-state index contributed by atoms with van der Waals surface area (Å²) in [5.41, 5.74) is 0.945. The second-order valence-corrected chi connectivity index (χ2v) is 5.03. The highest BCUT2D eigenvalue weighted by molar-refractivity contribution is 5.30. The molecule has 0 saturated heterocycles. The third-order valence-electron chi connectivity index (χ3n) is 3.05. The van der Waals surface area contributed by atoms with E-state index in [0.29, 0.717) is 18.4 Å². The number of anilines is 1. The van der Waals surface area contributed by atoms with E-state index in [1.54, 1.807) is 0 Å². The zero-order valence-corrected chi connectivity index (χ0v) is 11.4. The molecule has 1 aliphatic carbocycles. The van der Waals surface area contributed by atoms with Gasteiger partial charge in [-0.25, -0.2) is 4.98 Å². The maximum Gasteiger partial charge on any atom is 0.226 e. The molecule has 0 aromatic carbocycles. The molecular weight excluding hydrogens is 226 g/mol. The molecule has 0 bridgehead atoms. The van der Waals surface area contributed by atoms with Gasteiger partial charge in [0.2, 0.25) is 11.8 Å². The van der Waals surface area contributed by atoms with Crippen molar-refractivity contribution < 1.29 is 4.74 Å².